The van der Waals surface area contributed by atoms with Crippen molar-refractivity contribution in [3.8, 4) is 0 Å². The molecule has 1 fully saturated rings. The quantitative estimate of drug-likeness (QED) is 0.527. The smallest absolute Gasteiger partial charge is 0.259 e. The number of rotatable bonds is 5. The van der Waals surface area contributed by atoms with Crippen LogP contribution in [0.4, 0.5) is 5.13 Å². The number of hydrogen-bond donors (Lipinski definition) is 1. The molecule has 5 rings (SSSR count). The average molecular weight is 388 g/mol. The maximum Gasteiger partial charge on any atom is 0.259 e. The molecule has 0 bridgehead atoms. The fourth-order valence-corrected chi connectivity index (χ4v) is 5.33. The van der Waals surface area contributed by atoms with Crippen LogP contribution in [0.1, 0.15) is 18.5 Å². The molecular weight excluding hydrogens is 374 g/mol. The third kappa shape index (κ3) is 3.03. The van der Waals surface area contributed by atoms with E-state index in [1.807, 2.05) is 24.3 Å². The molecular formula is C16H13N5OS3. The monoisotopic (exact) mass is 387 g/mol. The van der Waals surface area contributed by atoms with E-state index in [1.54, 1.807) is 33.6 Å². The van der Waals surface area contributed by atoms with Crippen LogP contribution in [0.25, 0.3) is 15.2 Å². The highest BCUT2D eigenvalue weighted by molar-refractivity contribution is 8.00. The maximum absolute atomic E-state index is 12.5. The van der Waals surface area contributed by atoms with Crippen molar-refractivity contribution in [2.45, 2.75) is 29.0 Å². The van der Waals surface area contributed by atoms with Gasteiger partial charge in [-0.2, -0.15) is 0 Å². The molecule has 1 saturated carbocycles. The van der Waals surface area contributed by atoms with Crippen molar-refractivity contribution in [2.24, 2.45) is 0 Å². The molecule has 9 heteroatoms. The van der Waals surface area contributed by atoms with Gasteiger partial charge in [-0.15, -0.1) is 10.2 Å². The number of nitrogens with zero attached hydrogens (tertiary/aromatic N) is 4. The molecule has 0 saturated heterocycles. The Labute approximate surface area is 154 Å². The van der Waals surface area contributed by atoms with E-state index in [9.17, 15) is 4.79 Å². The number of thioether (sulfide) groups is 1. The first-order valence-corrected chi connectivity index (χ1v) is 10.5. The maximum atomic E-state index is 12.5. The lowest BCUT2D eigenvalue weighted by molar-refractivity contribution is 0.993. The molecule has 1 aromatic carbocycles. The van der Waals surface area contributed by atoms with E-state index in [0.717, 1.165) is 30.3 Å². The van der Waals surface area contributed by atoms with Gasteiger partial charge >= 0.3 is 0 Å². The van der Waals surface area contributed by atoms with Crippen LogP contribution in [0.5, 0.6) is 0 Å². The Morgan fingerprint density at radius 3 is 3.00 bits per heavy atom. The highest BCUT2D eigenvalue weighted by Crippen LogP contribution is 2.31. The zero-order chi connectivity index (χ0) is 16.8. The van der Waals surface area contributed by atoms with Crippen molar-refractivity contribution in [2.75, 3.05) is 5.32 Å². The van der Waals surface area contributed by atoms with Gasteiger partial charge in [0.15, 0.2) is 9.30 Å². The minimum atomic E-state index is -0.0357. The summed E-state index contributed by atoms with van der Waals surface area (Å²) >= 11 is 4.65. The van der Waals surface area contributed by atoms with Crippen LogP contribution in [0, 0.1) is 0 Å². The highest BCUT2D eigenvalue weighted by Gasteiger charge is 2.22. The zero-order valence-electron chi connectivity index (χ0n) is 13.0. The van der Waals surface area contributed by atoms with Crippen LogP contribution >= 0.6 is 34.4 Å². The van der Waals surface area contributed by atoms with E-state index in [0.29, 0.717) is 11.8 Å². The summed E-state index contributed by atoms with van der Waals surface area (Å²) in [6.45, 7) is 0. The summed E-state index contributed by atoms with van der Waals surface area (Å²) in [7, 11) is 0. The van der Waals surface area contributed by atoms with E-state index in [-0.39, 0.29) is 5.56 Å². The predicted octanol–water partition coefficient (Wildman–Crippen LogP) is 3.63. The summed E-state index contributed by atoms with van der Waals surface area (Å²) in [5.41, 5.74) is 1.65. The minimum absolute atomic E-state index is 0.0357. The predicted molar refractivity (Wildman–Crippen MR) is 103 cm³/mol. The largest absolute Gasteiger partial charge is 0.357 e. The number of fused-ring (bicyclic) bond motifs is 3. The van der Waals surface area contributed by atoms with Crippen LogP contribution in [-0.2, 0) is 5.75 Å². The lowest BCUT2D eigenvalue weighted by Gasteiger charge is -1.99. The van der Waals surface area contributed by atoms with E-state index >= 15 is 0 Å². The lowest BCUT2D eigenvalue weighted by atomic mass is 10.3. The van der Waals surface area contributed by atoms with Gasteiger partial charge in [0, 0.05) is 17.9 Å². The van der Waals surface area contributed by atoms with Crippen LogP contribution in [0.15, 0.2) is 39.5 Å². The van der Waals surface area contributed by atoms with Gasteiger partial charge in [0.25, 0.3) is 5.56 Å². The standard InChI is InChI=1S/C16H13N5OS3/c22-13-7-10(8-23-16-20-19-14(25-16)17-9-5-6-9)18-15-21(13)11-3-1-2-4-12(11)24-15/h1-4,7,9H,5-6,8H2,(H,17,19). The Morgan fingerprint density at radius 1 is 1.24 bits per heavy atom. The molecule has 0 spiro atoms. The molecule has 6 nitrogen and oxygen atoms in total. The Morgan fingerprint density at radius 2 is 2.12 bits per heavy atom. The Bertz CT molecular complexity index is 1130. The van der Waals surface area contributed by atoms with Crippen LogP contribution in [0.3, 0.4) is 0 Å². The van der Waals surface area contributed by atoms with Crippen molar-refractivity contribution >= 4 is 54.7 Å². The van der Waals surface area contributed by atoms with Crippen molar-refractivity contribution < 1.29 is 0 Å². The molecule has 1 aliphatic carbocycles. The minimum Gasteiger partial charge on any atom is -0.357 e. The van der Waals surface area contributed by atoms with Crippen molar-refractivity contribution in [3.05, 3.63) is 46.4 Å². The van der Waals surface area contributed by atoms with Gasteiger partial charge in [0.05, 0.1) is 15.9 Å². The lowest BCUT2D eigenvalue weighted by Crippen LogP contribution is -2.13. The molecule has 1 N–H and O–H groups in total. The molecule has 0 atom stereocenters. The summed E-state index contributed by atoms with van der Waals surface area (Å²) in [5, 5.41) is 12.6. The molecule has 3 heterocycles. The molecule has 0 amide bonds. The van der Waals surface area contributed by atoms with Gasteiger partial charge in [-0.1, -0.05) is 46.6 Å². The molecule has 4 aromatic rings. The molecule has 0 unspecified atom stereocenters. The molecule has 126 valence electrons. The first-order chi connectivity index (χ1) is 12.3. The summed E-state index contributed by atoms with van der Waals surface area (Å²) < 4.78 is 3.63. The van der Waals surface area contributed by atoms with Crippen LogP contribution < -0.4 is 10.9 Å². The first kappa shape index (κ1) is 15.3. The van der Waals surface area contributed by atoms with E-state index in [2.05, 4.69) is 20.5 Å². The number of para-hydroxylation sites is 1. The number of hydrogen-bond acceptors (Lipinski definition) is 8. The van der Waals surface area contributed by atoms with Gasteiger partial charge < -0.3 is 5.32 Å². The summed E-state index contributed by atoms with van der Waals surface area (Å²) in [6.07, 6.45) is 2.43. The molecule has 25 heavy (non-hydrogen) atoms. The number of thiazole rings is 1. The van der Waals surface area contributed by atoms with Crippen molar-refractivity contribution in [3.63, 3.8) is 0 Å². The average Bonchev–Trinajstić information content (AvgIpc) is 3.17. The van der Waals surface area contributed by atoms with Crippen molar-refractivity contribution in [1.82, 2.24) is 19.6 Å². The number of nitrogens with one attached hydrogen (secondary N) is 1. The normalized spacial score (nSPS) is 14.4. The first-order valence-electron chi connectivity index (χ1n) is 7.89. The van der Waals surface area contributed by atoms with E-state index in [4.69, 9.17) is 0 Å². The summed E-state index contributed by atoms with van der Waals surface area (Å²) in [6, 6.07) is 10.1. The van der Waals surface area contributed by atoms with Gasteiger partial charge in [0.1, 0.15) is 0 Å². The Balaban J connectivity index is 1.40. The van der Waals surface area contributed by atoms with E-state index in [1.165, 1.54) is 24.2 Å². The highest BCUT2D eigenvalue weighted by atomic mass is 32.2. The second-order valence-corrected chi connectivity index (χ2v) is 9.06. The molecule has 3 aromatic heterocycles. The second kappa shape index (κ2) is 6.08. The fraction of sp³-hybridized carbons (Fsp3) is 0.250. The number of benzene rings is 1. The molecule has 0 aliphatic heterocycles. The zero-order valence-corrected chi connectivity index (χ0v) is 15.5. The number of anilines is 1. The van der Waals surface area contributed by atoms with Crippen molar-refractivity contribution in [1.29, 1.82) is 0 Å². The fourth-order valence-electron chi connectivity index (χ4n) is 2.56. The summed E-state index contributed by atoms with van der Waals surface area (Å²) in [5.74, 6) is 0.609. The van der Waals surface area contributed by atoms with Gasteiger partial charge in [0.2, 0.25) is 5.13 Å². The SMILES string of the molecule is O=c1cc(CSc2nnc(NC3CC3)s2)nc2sc3ccccc3n12. The molecule has 1 aliphatic rings. The third-order valence-corrected chi connectivity index (χ3v) is 6.95. The third-order valence-electron chi connectivity index (χ3n) is 3.90. The van der Waals surface area contributed by atoms with Gasteiger partial charge in [-0.3, -0.25) is 9.20 Å². The Kier molecular flexibility index (Phi) is 3.72. The summed E-state index contributed by atoms with van der Waals surface area (Å²) in [4.78, 5) is 17.9. The Hall–Kier alpha value is -1.97. The van der Waals surface area contributed by atoms with E-state index < -0.39 is 0 Å². The van der Waals surface area contributed by atoms with Gasteiger partial charge in [-0.05, 0) is 25.0 Å². The van der Waals surface area contributed by atoms with Crippen LogP contribution in [-0.4, -0.2) is 25.6 Å². The van der Waals surface area contributed by atoms with Crippen LogP contribution in [0.2, 0.25) is 0 Å². The second-order valence-electron chi connectivity index (χ2n) is 5.85. The number of aromatic nitrogens is 4. The topological polar surface area (TPSA) is 72.2 Å². The molecule has 0 radical (unpaired) electrons. The van der Waals surface area contributed by atoms with Gasteiger partial charge in [-0.25, -0.2) is 4.98 Å².